The van der Waals surface area contributed by atoms with Crippen molar-refractivity contribution in [2.24, 2.45) is 11.7 Å². The van der Waals surface area contributed by atoms with Crippen molar-refractivity contribution in [1.82, 2.24) is 4.98 Å². The first-order valence-corrected chi connectivity index (χ1v) is 5.55. The highest BCUT2D eigenvalue weighted by atomic mass is 16.5. The van der Waals surface area contributed by atoms with Gasteiger partial charge >= 0.3 is 0 Å². The van der Waals surface area contributed by atoms with Gasteiger partial charge in [0.1, 0.15) is 5.75 Å². The zero-order valence-electron chi connectivity index (χ0n) is 9.15. The Morgan fingerprint density at radius 3 is 3.13 bits per heavy atom. The molecule has 2 unspecified atom stereocenters. The van der Waals surface area contributed by atoms with Gasteiger partial charge in [-0.15, -0.1) is 0 Å². The third-order valence-electron chi connectivity index (χ3n) is 3.33. The molecular weight excluding hydrogens is 188 g/mol. The zero-order valence-corrected chi connectivity index (χ0v) is 9.15. The van der Waals surface area contributed by atoms with Gasteiger partial charge in [0.05, 0.1) is 12.8 Å². The van der Waals surface area contributed by atoms with Crippen LogP contribution in [0.25, 0.3) is 0 Å². The molecule has 1 aromatic rings. The lowest BCUT2D eigenvalue weighted by atomic mass is 9.92. The molecule has 3 heteroatoms. The number of hydrogen-bond donors (Lipinski definition) is 1. The van der Waals surface area contributed by atoms with E-state index in [1.807, 2.05) is 18.3 Å². The van der Waals surface area contributed by atoms with E-state index in [-0.39, 0.29) is 0 Å². The van der Waals surface area contributed by atoms with Gasteiger partial charge in [-0.1, -0.05) is 6.42 Å². The van der Waals surface area contributed by atoms with Gasteiger partial charge < -0.3 is 10.5 Å². The maximum atomic E-state index is 5.78. The molecule has 0 amide bonds. The van der Waals surface area contributed by atoms with Crippen LogP contribution in [-0.2, 0) is 0 Å². The molecule has 0 spiro atoms. The van der Waals surface area contributed by atoms with Crippen molar-refractivity contribution in [3.8, 4) is 5.75 Å². The maximum Gasteiger partial charge on any atom is 0.140 e. The van der Waals surface area contributed by atoms with Crippen LogP contribution in [0.1, 0.15) is 30.9 Å². The molecule has 1 aliphatic rings. The second kappa shape index (κ2) is 4.62. The van der Waals surface area contributed by atoms with E-state index in [2.05, 4.69) is 4.98 Å². The second-order valence-electron chi connectivity index (χ2n) is 4.12. The average molecular weight is 206 g/mol. The highest BCUT2D eigenvalue weighted by Gasteiger charge is 2.30. The summed E-state index contributed by atoms with van der Waals surface area (Å²) in [6, 6.07) is 3.89. The van der Waals surface area contributed by atoms with E-state index in [1.165, 1.54) is 19.3 Å². The fourth-order valence-corrected chi connectivity index (χ4v) is 2.53. The normalized spacial score (nSPS) is 25.5. The summed E-state index contributed by atoms with van der Waals surface area (Å²) in [5.74, 6) is 1.97. The molecule has 1 aliphatic carbocycles. The summed E-state index contributed by atoms with van der Waals surface area (Å²) in [6.45, 7) is 0.754. The van der Waals surface area contributed by atoms with Crippen LogP contribution in [0.2, 0.25) is 0 Å². The summed E-state index contributed by atoms with van der Waals surface area (Å²) in [5.41, 5.74) is 6.88. The minimum absolute atomic E-state index is 0.492. The number of rotatable bonds is 3. The monoisotopic (exact) mass is 206 g/mol. The lowest BCUT2D eigenvalue weighted by Crippen LogP contribution is -2.18. The summed E-state index contributed by atoms with van der Waals surface area (Å²) in [5, 5.41) is 0. The Labute approximate surface area is 90.7 Å². The Morgan fingerprint density at radius 2 is 2.40 bits per heavy atom. The predicted octanol–water partition coefficient (Wildman–Crippen LogP) is 1.93. The lowest BCUT2D eigenvalue weighted by Gasteiger charge is -2.19. The second-order valence-corrected chi connectivity index (χ2v) is 4.12. The third-order valence-corrected chi connectivity index (χ3v) is 3.33. The van der Waals surface area contributed by atoms with Crippen LogP contribution in [-0.4, -0.2) is 18.6 Å². The van der Waals surface area contributed by atoms with Crippen LogP contribution in [0, 0.1) is 5.92 Å². The number of ether oxygens (including phenoxy) is 1. The Morgan fingerprint density at radius 1 is 1.53 bits per heavy atom. The molecule has 0 radical (unpaired) electrons. The van der Waals surface area contributed by atoms with Crippen LogP contribution in [0.3, 0.4) is 0 Å². The molecule has 1 saturated carbocycles. The molecule has 1 aromatic heterocycles. The first-order valence-electron chi connectivity index (χ1n) is 5.55. The predicted molar refractivity (Wildman–Crippen MR) is 59.9 cm³/mol. The minimum atomic E-state index is 0.492. The Hall–Kier alpha value is -1.09. The molecule has 15 heavy (non-hydrogen) atoms. The Bertz CT molecular complexity index is 327. The Kier molecular flexibility index (Phi) is 3.21. The van der Waals surface area contributed by atoms with Gasteiger partial charge in [0.2, 0.25) is 0 Å². The molecule has 0 saturated heterocycles. The molecule has 2 atom stereocenters. The largest absolute Gasteiger partial charge is 0.495 e. The van der Waals surface area contributed by atoms with E-state index in [1.54, 1.807) is 7.11 Å². The van der Waals surface area contributed by atoms with Crippen LogP contribution in [0.4, 0.5) is 0 Å². The molecule has 2 rings (SSSR count). The van der Waals surface area contributed by atoms with Crippen LogP contribution in [0.15, 0.2) is 18.3 Å². The topological polar surface area (TPSA) is 48.1 Å². The standard InChI is InChI=1S/C12H18N2O/c1-15-11-6-3-7-14-12(11)10-5-2-4-9(10)8-13/h3,6-7,9-10H,2,4-5,8,13H2,1H3. The smallest absolute Gasteiger partial charge is 0.140 e. The highest BCUT2D eigenvalue weighted by molar-refractivity contribution is 5.31. The van der Waals surface area contributed by atoms with Crippen molar-refractivity contribution >= 4 is 0 Å². The summed E-state index contributed by atoms with van der Waals surface area (Å²) in [4.78, 5) is 4.45. The van der Waals surface area contributed by atoms with Gasteiger partial charge in [-0.3, -0.25) is 4.98 Å². The summed E-state index contributed by atoms with van der Waals surface area (Å²) >= 11 is 0. The van der Waals surface area contributed by atoms with E-state index >= 15 is 0 Å². The maximum absolute atomic E-state index is 5.78. The minimum Gasteiger partial charge on any atom is -0.495 e. The van der Waals surface area contributed by atoms with Crippen molar-refractivity contribution < 1.29 is 4.74 Å². The number of methoxy groups -OCH3 is 1. The SMILES string of the molecule is COc1cccnc1C1CCCC1CN. The molecule has 2 N–H and O–H groups in total. The fourth-order valence-electron chi connectivity index (χ4n) is 2.53. The van der Waals surface area contributed by atoms with Gasteiger partial charge in [0, 0.05) is 12.1 Å². The van der Waals surface area contributed by atoms with Gasteiger partial charge in [-0.05, 0) is 37.4 Å². The van der Waals surface area contributed by atoms with Crippen molar-refractivity contribution in [3.05, 3.63) is 24.0 Å². The molecular formula is C12H18N2O. The first kappa shape index (κ1) is 10.4. The number of hydrogen-bond acceptors (Lipinski definition) is 3. The van der Waals surface area contributed by atoms with Gasteiger partial charge in [0.25, 0.3) is 0 Å². The van der Waals surface area contributed by atoms with Crippen molar-refractivity contribution in [3.63, 3.8) is 0 Å². The molecule has 82 valence electrons. The van der Waals surface area contributed by atoms with E-state index in [4.69, 9.17) is 10.5 Å². The van der Waals surface area contributed by atoms with E-state index in [9.17, 15) is 0 Å². The molecule has 0 aliphatic heterocycles. The highest BCUT2D eigenvalue weighted by Crippen LogP contribution is 2.41. The van der Waals surface area contributed by atoms with Gasteiger partial charge in [0.15, 0.2) is 0 Å². The Balaban J connectivity index is 2.27. The first-order chi connectivity index (χ1) is 7.36. The summed E-state index contributed by atoms with van der Waals surface area (Å²) in [6.07, 6.45) is 5.51. The number of nitrogens with two attached hydrogens (primary N) is 1. The van der Waals surface area contributed by atoms with E-state index in [0.717, 1.165) is 18.0 Å². The number of nitrogens with zero attached hydrogens (tertiary/aromatic N) is 1. The molecule has 0 aromatic carbocycles. The summed E-state index contributed by atoms with van der Waals surface area (Å²) < 4.78 is 5.35. The number of aromatic nitrogens is 1. The summed E-state index contributed by atoms with van der Waals surface area (Å²) in [7, 11) is 1.70. The van der Waals surface area contributed by atoms with E-state index < -0.39 is 0 Å². The fraction of sp³-hybridized carbons (Fsp3) is 0.583. The van der Waals surface area contributed by atoms with Crippen LogP contribution < -0.4 is 10.5 Å². The third kappa shape index (κ3) is 1.97. The molecule has 3 nitrogen and oxygen atoms in total. The van der Waals surface area contributed by atoms with Crippen molar-refractivity contribution in [2.45, 2.75) is 25.2 Å². The van der Waals surface area contributed by atoms with Crippen molar-refractivity contribution in [1.29, 1.82) is 0 Å². The number of pyridine rings is 1. The zero-order chi connectivity index (χ0) is 10.7. The van der Waals surface area contributed by atoms with Gasteiger partial charge in [-0.2, -0.15) is 0 Å². The average Bonchev–Trinajstić information content (AvgIpc) is 2.76. The lowest BCUT2D eigenvalue weighted by molar-refractivity contribution is 0.390. The van der Waals surface area contributed by atoms with Gasteiger partial charge in [-0.25, -0.2) is 0 Å². The molecule has 1 fully saturated rings. The molecule has 0 bridgehead atoms. The quantitative estimate of drug-likeness (QED) is 0.822. The van der Waals surface area contributed by atoms with Crippen molar-refractivity contribution in [2.75, 3.05) is 13.7 Å². The van der Waals surface area contributed by atoms with Crippen LogP contribution >= 0.6 is 0 Å². The molecule has 1 heterocycles. The van der Waals surface area contributed by atoms with E-state index in [0.29, 0.717) is 11.8 Å². The van der Waals surface area contributed by atoms with Crippen LogP contribution in [0.5, 0.6) is 5.75 Å².